The average Bonchev–Trinajstić information content (AvgIpc) is 2.68. The van der Waals surface area contributed by atoms with Gasteiger partial charge in [-0.05, 0) is 55.7 Å². The number of amides is 2. The molecule has 0 saturated carbocycles. The maximum Gasteiger partial charge on any atom is 0.242 e. The summed E-state index contributed by atoms with van der Waals surface area (Å²) in [4.78, 5) is 27.5. The van der Waals surface area contributed by atoms with E-state index in [2.05, 4.69) is 5.32 Å². The van der Waals surface area contributed by atoms with Crippen LogP contribution in [0.1, 0.15) is 38.3 Å². The molecule has 0 aliphatic rings. The Bertz CT molecular complexity index is 920. The van der Waals surface area contributed by atoms with Gasteiger partial charge in [-0.25, -0.2) is 0 Å². The van der Waals surface area contributed by atoms with Crippen molar-refractivity contribution >= 4 is 58.2 Å². The standard InChI is InChI=1S/C22H24Cl4N2O2/c1-4-13(2)27-22(30)14(3)28(12-16-6-8-18(24)11-20(16)26)21(29)9-15-5-7-17(23)10-19(15)25/h5-8,10-11,13-14H,4,9,12H2,1-3H3,(H,27,30). The van der Waals surface area contributed by atoms with Crippen LogP contribution in [-0.2, 0) is 22.6 Å². The third-order valence-electron chi connectivity index (χ3n) is 4.88. The quantitative estimate of drug-likeness (QED) is 0.481. The first-order valence-corrected chi connectivity index (χ1v) is 11.1. The first kappa shape index (κ1) is 24.8. The second-order valence-electron chi connectivity index (χ2n) is 7.16. The Labute approximate surface area is 197 Å². The molecule has 8 heteroatoms. The molecule has 4 nitrogen and oxygen atoms in total. The fourth-order valence-corrected chi connectivity index (χ4v) is 3.75. The van der Waals surface area contributed by atoms with Crippen LogP contribution < -0.4 is 5.32 Å². The van der Waals surface area contributed by atoms with Gasteiger partial charge in [0.25, 0.3) is 0 Å². The lowest BCUT2D eigenvalue weighted by molar-refractivity contribution is -0.140. The summed E-state index contributed by atoms with van der Waals surface area (Å²) >= 11 is 24.5. The molecule has 2 aromatic carbocycles. The van der Waals surface area contributed by atoms with Crippen LogP contribution in [0.4, 0.5) is 0 Å². The van der Waals surface area contributed by atoms with Crippen molar-refractivity contribution in [3.63, 3.8) is 0 Å². The van der Waals surface area contributed by atoms with Gasteiger partial charge in [-0.3, -0.25) is 9.59 Å². The van der Waals surface area contributed by atoms with Gasteiger partial charge < -0.3 is 10.2 Å². The monoisotopic (exact) mass is 488 g/mol. The van der Waals surface area contributed by atoms with E-state index < -0.39 is 6.04 Å². The van der Waals surface area contributed by atoms with E-state index in [1.807, 2.05) is 13.8 Å². The number of rotatable bonds is 8. The number of hydrogen-bond acceptors (Lipinski definition) is 2. The van der Waals surface area contributed by atoms with Crippen LogP contribution in [0, 0.1) is 0 Å². The number of halogens is 4. The maximum absolute atomic E-state index is 13.2. The lowest BCUT2D eigenvalue weighted by Crippen LogP contribution is -2.50. The molecule has 0 heterocycles. The molecule has 0 radical (unpaired) electrons. The highest BCUT2D eigenvalue weighted by Gasteiger charge is 2.27. The van der Waals surface area contributed by atoms with Crippen molar-refractivity contribution in [1.82, 2.24) is 10.2 Å². The van der Waals surface area contributed by atoms with Crippen LogP contribution in [-0.4, -0.2) is 28.8 Å². The second-order valence-corrected chi connectivity index (χ2v) is 8.85. The smallest absolute Gasteiger partial charge is 0.242 e. The fourth-order valence-electron chi connectivity index (χ4n) is 2.81. The van der Waals surface area contributed by atoms with Crippen LogP contribution in [0.25, 0.3) is 0 Å². The fraction of sp³-hybridized carbons (Fsp3) is 0.364. The Morgan fingerprint density at radius 2 is 1.47 bits per heavy atom. The third kappa shape index (κ3) is 6.78. The Hall–Kier alpha value is -1.46. The van der Waals surface area contributed by atoms with Gasteiger partial charge in [0.05, 0.1) is 6.42 Å². The van der Waals surface area contributed by atoms with Crippen molar-refractivity contribution in [1.29, 1.82) is 0 Å². The van der Waals surface area contributed by atoms with E-state index in [0.717, 1.165) is 6.42 Å². The minimum absolute atomic E-state index is 0.00160. The molecule has 2 unspecified atom stereocenters. The SMILES string of the molecule is CCC(C)NC(=O)C(C)N(Cc1ccc(Cl)cc1Cl)C(=O)Cc1ccc(Cl)cc1Cl. The highest BCUT2D eigenvalue weighted by atomic mass is 35.5. The normalized spacial score (nSPS) is 12.9. The van der Waals surface area contributed by atoms with Crippen LogP contribution >= 0.6 is 46.4 Å². The molecule has 0 bridgehead atoms. The van der Waals surface area contributed by atoms with Gasteiger partial charge in [0, 0.05) is 32.7 Å². The van der Waals surface area contributed by atoms with Gasteiger partial charge in [0.15, 0.2) is 0 Å². The van der Waals surface area contributed by atoms with Crippen LogP contribution in [0.15, 0.2) is 36.4 Å². The van der Waals surface area contributed by atoms with E-state index in [1.165, 1.54) is 4.90 Å². The molecule has 2 aromatic rings. The van der Waals surface area contributed by atoms with Gasteiger partial charge in [0.2, 0.25) is 11.8 Å². The van der Waals surface area contributed by atoms with Gasteiger partial charge in [-0.1, -0.05) is 65.5 Å². The first-order valence-electron chi connectivity index (χ1n) is 9.60. The minimum Gasteiger partial charge on any atom is -0.352 e. The third-order valence-corrected chi connectivity index (χ3v) is 6.05. The van der Waals surface area contributed by atoms with Crippen molar-refractivity contribution in [2.45, 2.75) is 52.2 Å². The lowest BCUT2D eigenvalue weighted by Gasteiger charge is -2.30. The molecule has 0 spiro atoms. The van der Waals surface area contributed by atoms with Crippen molar-refractivity contribution in [2.75, 3.05) is 0 Å². The predicted octanol–water partition coefficient (Wildman–Crippen LogP) is 6.17. The van der Waals surface area contributed by atoms with E-state index in [0.29, 0.717) is 31.2 Å². The van der Waals surface area contributed by atoms with Crippen molar-refractivity contribution in [3.8, 4) is 0 Å². The highest BCUT2D eigenvalue weighted by Crippen LogP contribution is 2.25. The Kier molecular flexibility index (Phi) is 9.30. The molecule has 0 fully saturated rings. The number of nitrogens with zero attached hydrogens (tertiary/aromatic N) is 1. The van der Waals surface area contributed by atoms with E-state index >= 15 is 0 Å². The number of benzene rings is 2. The molecular formula is C22H24Cl4N2O2. The molecular weight excluding hydrogens is 466 g/mol. The van der Waals surface area contributed by atoms with E-state index in [4.69, 9.17) is 46.4 Å². The summed E-state index contributed by atoms with van der Waals surface area (Å²) in [6.07, 6.45) is 0.817. The zero-order chi connectivity index (χ0) is 22.4. The van der Waals surface area contributed by atoms with Crippen molar-refractivity contribution in [3.05, 3.63) is 67.6 Å². The molecule has 2 amide bonds. The second kappa shape index (κ2) is 11.2. The molecule has 1 N–H and O–H groups in total. The summed E-state index contributed by atoms with van der Waals surface area (Å²) in [6.45, 7) is 5.76. The minimum atomic E-state index is -0.704. The van der Waals surface area contributed by atoms with Gasteiger partial charge >= 0.3 is 0 Å². The summed E-state index contributed by atoms with van der Waals surface area (Å²) in [5.41, 5.74) is 1.33. The molecule has 0 aliphatic heterocycles. The lowest BCUT2D eigenvalue weighted by atomic mass is 10.1. The number of carbonyl (C=O) groups excluding carboxylic acids is 2. The zero-order valence-electron chi connectivity index (χ0n) is 17.0. The molecule has 0 aliphatic carbocycles. The Morgan fingerprint density at radius 1 is 0.933 bits per heavy atom. The molecule has 30 heavy (non-hydrogen) atoms. The predicted molar refractivity (Wildman–Crippen MR) is 125 cm³/mol. The number of carbonyl (C=O) groups is 2. The first-order chi connectivity index (χ1) is 14.1. The summed E-state index contributed by atoms with van der Waals surface area (Å²) < 4.78 is 0. The summed E-state index contributed by atoms with van der Waals surface area (Å²) in [6, 6.07) is 9.33. The highest BCUT2D eigenvalue weighted by molar-refractivity contribution is 6.35. The molecule has 0 aromatic heterocycles. The van der Waals surface area contributed by atoms with Crippen molar-refractivity contribution < 1.29 is 9.59 Å². The van der Waals surface area contributed by atoms with Crippen molar-refractivity contribution in [2.24, 2.45) is 0 Å². The zero-order valence-corrected chi connectivity index (χ0v) is 20.0. The van der Waals surface area contributed by atoms with E-state index in [9.17, 15) is 9.59 Å². The average molecular weight is 490 g/mol. The topological polar surface area (TPSA) is 49.4 Å². The number of hydrogen-bond donors (Lipinski definition) is 1. The van der Waals surface area contributed by atoms with Crippen LogP contribution in [0.2, 0.25) is 20.1 Å². The van der Waals surface area contributed by atoms with Gasteiger partial charge in [-0.2, -0.15) is 0 Å². The summed E-state index contributed by atoms with van der Waals surface area (Å²) in [5.74, 6) is -0.484. The van der Waals surface area contributed by atoms with Gasteiger partial charge in [-0.15, -0.1) is 0 Å². The largest absolute Gasteiger partial charge is 0.352 e. The molecule has 162 valence electrons. The molecule has 2 rings (SSSR count). The van der Waals surface area contributed by atoms with Crippen LogP contribution in [0.5, 0.6) is 0 Å². The Morgan fingerprint density at radius 3 is 1.97 bits per heavy atom. The molecule has 0 saturated heterocycles. The van der Waals surface area contributed by atoms with Gasteiger partial charge in [0.1, 0.15) is 6.04 Å². The maximum atomic E-state index is 13.2. The Balaban J connectivity index is 2.31. The molecule has 2 atom stereocenters. The van der Waals surface area contributed by atoms with E-state index in [-0.39, 0.29) is 30.8 Å². The summed E-state index contributed by atoms with van der Waals surface area (Å²) in [7, 11) is 0. The van der Waals surface area contributed by atoms with Crippen LogP contribution in [0.3, 0.4) is 0 Å². The van der Waals surface area contributed by atoms with E-state index in [1.54, 1.807) is 43.3 Å². The summed E-state index contributed by atoms with van der Waals surface area (Å²) in [5, 5.41) is 4.74. The number of nitrogens with one attached hydrogen (secondary N) is 1.